The van der Waals surface area contributed by atoms with E-state index in [0.29, 0.717) is 21.1 Å². The zero-order chi connectivity index (χ0) is 31.5. The molecule has 2 aliphatic heterocycles. The summed E-state index contributed by atoms with van der Waals surface area (Å²) in [6.07, 6.45) is 2.89. The third kappa shape index (κ3) is 6.92. The number of alkyl carbamates (subject to hydrolysis) is 1. The van der Waals surface area contributed by atoms with Crippen molar-refractivity contribution in [1.29, 1.82) is 5.26 Å². The second-order valence-electron chi connectivity index (χ2n) is 11.1. The fourth-order valence-electron chi connectivity index (χ4n) is 5.04. The van der Waals surface area contributed by atoms with Gasteiger partial charge < -0.3 is 14.8 Å². The van der Waals surface area contributed by atoms with Gasteiger partial charge in [0.25, 0.3) is 5.91 Å². The summed E-state index contributed by atoms with van der Waals surface area (Å²) >= 11 is 2.78. The van der Waals surface area contributed by atoms with Crippen LogP contribution in [0.25, 0.3) is 16.7 Å². The summed E-state index contributed by atoms with van der Waals surface area (Å²) in [7, 11) is 0. The molecule has 2 aromatic carbocycles. The van der Waals surface area contributed by atoms with Gasteiger partial charge in [0.1, 0.15) is 23.3 Å². The molecule has 0 bridgehead atoms. The average Bonchev–Trinajstić information content (AvgIpc) is 3.41. The van der Waals surface area contributed by atoms with E-state index in [1.54, 1.807) is 26.8 Å². The number of allylic oxidation sites excluding steroid dienone is 2. The second kappa shape index (κ2) is 13.5. The Labute approximate surface area is 259 Å². The van der Waals surface area contributed by atoms with Gasteiger partial charge in [0.15, 0.2) is 0 Å². The number of halogens is 2. The van der Waals surface area contributed by atoms with Gasteiger partial charge >= 0.3 is 6.09 Å². The smallest absolute Gasteiger partial charge is 0.411 e. The van der Waals surface area contributed by atoms with Crippen LogP contribution in [0.2, 0.25) is 0 Å². The first kappa shape index (κ1) is 32.6. The Hall–Kier alpha value is -3.33. The van der Waals surface area contributed by atoms with Crippen molar-refractivity contribution in [1.82, 2.24) is 10.6 Å². The molecule has 2 N–H and O–H groups in total. The summed E-state index contributed by atoms with van der Waals surface area (Å²) in [6.45, 7) is 10.7. The van der Waals surface area contributed by atoms with Crippen molar-refractivity contribution in [2.75, 3.05) is 11.5 Å². The highest BCUT2D eigenvalue weighted by atomic mass is 32.2. The summed E-state index contributed by atoms with van der Waals surface area (Å²) in [4.78, 5) is 26.7. The predicted molar refractivity (Wildman–Crippen MR) is 166 cm³/mol. The zero-order valence-corrected chi connectivity index (χ0v) is 26.8. The van der Waals surface area contributed by atoms with E-state index >= 15 is 8.78 Å². The summed E-state index contributed by atoms with van der Waals surface area (Å²) in [5.74, 6) is -0.983. The molecule has 43 heavy (non-hydrogen) atoms. The highest BCUT2D eigenvalue weighted by Gasteiger charge is 2.35. The number of ether oxygens (including phenoxy) is 2. The largest absolute Gasteiger partial charge is 0.444 e. The summed E-state index contributed by atoms with van der Waals surface area (Å²) in [5.41, 5.74) is 0.569. The number of rotatable bonds is 8. The number of nitriles is 1. The normalized spacial score (nSPS) is 14.6. The van der Waals surface area contributed by atoms with Gasteiger partial charge in [-0.05, 0) is 68.7 Å². The number of hydrogen-bond acceptors (Lipinski definition) is 7. The van der Waals surface area contributed by atoms with Crippen LogP contribution in [0, 0.1) is 29.9 Å². The highest BCUT2D eigenvalue weighted by molar-refractivity contribution is 8.03. The summed E-state index contributed by atoms with van der Waals surface area (Å²) in [5, 5.41) is 16.5. The molecule has 0 spiro atoms. The molecule has 0 aliphatic carbocycles. The lowest BCUT2D eigenvalue weighted by molar-refractivity contribution is 0.0546. The number of thioether (sulfide) groups is 2. The van der Waals surface area contributed by atoms with Crippen LogP contribution in [0.3, 0.4) is 0 Å². The van der Waals surface area contributed by atoms with E-state index in [1.165, 1.54) is 36.5 Å². The molecular weight excluding hydrogens is 592 g/mol. The van der Waals surface area contributed by atoms with E-state index in [2.05, 4.69) is 16.7 Å². The lowest BCUT2D eigenvalue weighted by Gasteiger charge is -2.26. The number of benzene rings is 2. The molecule has 0 unspecified atom stereocenters. The maximum absolute atomic E-state index is 16.5. The van der Waals surface area contributed by atoms with Crippen molar-refractivity contribution in [3.8, 4) is 17.2 Å². The Bertz CT molecular complexity index is 1570. The molecule has 2 aliphatic rings. The van der Waals surface area contributed by atoms with Crippen LogP contribution in [0.15, 0.2) is 33.8 Å². The maximum atomic E-state index is 16.5. The van der Waals surface area contributed by atoms with E-state index in [4.69, 9.17) is 9.47 Å². The quantitative estimate of drug-likeness (QED) is 0.306. The second-order valence-corrected chi connectivity index (χ2v) is 13.4. The molecule has 0 saturated heterocycles. The van der Waals surface area contributed by atoms with E-state index < -0.39 is 29.2 Å². The SMILES string of the molecule is CCC/C=C(/NC(=O)c1c(C)c(F)c(-c2c(F)ccc3c2C(C#N)=C(NC(=O)OC(C)(C)C)CS3)c2c1COC2)SCC. The van der Waals surface area contributed by atoms with E-state index in [1.807, 2.05) is 19.9 Å². The third-order valence-electron chi connectivity index (χ3n) is 6.82. The van der Waals surface area contributed by atoms with Crippen molar-refractivity contribution in [3.63, 3.8) is 0 Å². The summed E-state index contributed by atoms with van der Waals surface area (Å²) in [6, 6.07) is 4.88. The Kier molecular flexibility index (Phi) is 10.3. The van der Waals surface area contributed by atoms with Gasteiger partial charge in [-0.15, -0.1) is 23.5 Å². The minimum atomic E-state index is -0.772. The lowest BCUT2D eigenvalue weighted by atomic mass is 9.85. The molecule has 2 heterocycles. The summed E-state index contributed by atoms with van der Waals surface area (Å²) < 4.78 is 43.4. The standard InChI is InChI=1S/C32H35F2N3O4S2/c1-7-9-10-24(42-8-2)37-30(38)25-17(3)29(34)27(20-15-40-14-19(20)25)28-21(33)11-12-23-26(28)18(13-35)22(16-43-23)36-31(39)41-32(4,5)6/h10-12H,7-9,14-16H2,1-6H3,(H,36,39)(H,37,38)/b24-10-. The number of amides is 2. The van der Waals surface area contributed by atoms with Gasteiger partial charge in [0.2, 0.25) is 0 Å². The fraction of sp³-hybridized carbons (Fsp3) is 0.406. The third-order valence-corrected chi connectivity index (χ3v) is 8.77. The topological polar surface area (TPSA) is 100 Å². The lowest BCUT2D eigenvalue weighted by Crippen LogP contribution is -2.33. The van der Waals surface area contributed by atoms with Crippen LogP contribution < -0.4 is 10.6 Å². The molecule has 0 atom stereocenters. The van der Waals surface area contributed by atoms with Crippen LogP contribution in [-0.2, 0) is 22.7 Å². The highest BCUT2D eigenvalue weighted by Crippen LogP contribution is 2.47. The first-order valence-corrected chi connectivity index (χ1v) is 16.0. The average molecular weight is 628 g/mol. The van der Waals surface area contributed by atoms with Gasteiger partial charge in [-0.2, -0.15) is 5.26 Å². The Morgan fingerprint density at radius 2 is 1.88 bits per heavy atom. The van der Waals surface area contributed by atoms with Crippen molar-refractivity contribution in [2.45, 2.75) is 78.1 Å². The number of nitrogens with one attached hydrogen (secondary N) is 2. The monoisotopic (exact) mass is 627 g/mol. The first-order valence-electron chi connectivity index (χ1n) is 14.1. The first-order chi connectivity index (χ1) is 20.4. The van der Waals surface area contributed by atoms with Crippen LogP contribution in [0.4, 0.5) is 13.6 Å². The molecule has 0 saturated carbocycles. The molecule has 2 aromatic rings. The molecule has 0 aromatic heterocycles. The van der Waals surface area contributed by atoms with Gasteiger partial charge in [-0.25, -0.2) is 13.6 Å². The Morgan fingerprint density at radius 1 is 1.16 bits per heavy atom. The predicted octanol–water partition coefficient (Wildman–Crippen LogP) is 7.96. The molecule has 4 rings (SSSR count). The van der Waals surface area contributed by atoms with Crippen LogP contribution in [-0.4, -0.2) is 29.1 Å². The van der Waals surface area contributed by atoms with Crippen molar-refractivity contribution in [3.05, 3.63) is 68.4 Å². The van der Waals surface area contributed by atoms with Crippen LogP contribution in [0.1, 0.15) is 80.1 Å². The van der Waals surface area contributed by atoms with Gasteiger partial charge in [0.05, 0.1) is 29.4 Å². The van der Waals surface area contributed by atoms with Crippen LogP contribution in [0.5, 0.6) is 0 Å². The van der Waals surface area contributed by atoms with E-state index in [9.17, 15) is 14.9 Å². The van der Waals surface area contributed by atoms with Crippen LogP contribution >= 0.6 is 23.5 Å². The Balaban J connectivity index is 1.88. The van der Waals surface area contributed by atoms with Crippen molar-refractivity contribution < 1.29 is 27.8 Å². The minimum absolute atomic E-state index is 0.0166. The maximum Gasteiger partial charge on any atom is 0.411 e. The Morgan fingerprint density at radius 3 is 2.53 bits per heavy atom. The molecule has 11 heteroatoms. The van der Waals surface area contributed by atoms with Gasteiger partial charge in [-0.3, -0.25) is 10.1 Å². The number of nitrogens with zero attached hydrogens (tertiary/aromatic N) is 1. The molecule has 0 radical (unpaired) electrons. The van der Waals surface area contributed by atoms with Crippen molar-refractivity contribution in [2.24, 2.45) is 0 Å². The molecule has 228 valence electrons. The van der Waals surface area contributed by atoms with Gasteiger partial charge in [-0.1, -0.05) is 26.3 Å². The zero-order valence-electron chi connectivity index (χ0n) is 25.1. The minimum Gasteiger partial charge on any atom is -0.444 e. The molecule has 0 fully saturated rings. The van der Waals surface area contributed by atoms with Crippen molar-refractivity contribution >= 4 is 41.1 Å². The van der Waals surface area contributed by atoms with E-state index in [-0.39, 0.29) is 58.1 Å². The van der Waals surface area contributed by atoms with Gasteiger partial charge in [0, 0.05) is 33.0 Å². The number of hydrogen-bond donors (Lipinski definition) is 2. The molecular formula is C32H35F2N3O4S2. The molecule has 2 amide bonds. The number of carbonyl (C=O) groups is 2. The molecule has 7 nitrogen and oxygen atoms in total. The van der Waals surface area contributed by atoms with E-state index in [0.717, 1.165) is 18.6 Å². The number of fused-ring (bicyclic) bond motifs is 2. The number of unbranched alkanes of at least 4 members (excludes halogenated alkanes) is 1. The number of carbonyl (C=O) groups excluding carboxylic acids is 2. The fourth-order valence-corrected chi connectivity index (χ4v) is 6.78.